The number of ether oxygens (including phenoxy) is 1. The number of aliphatic hydroxyl groups is 2. The molecule has 3 aromatic rings. The summed E-state index contributed by atoms with van der Waals surface area (Å²) >= 11 is 0. The maximum atomic E-state index is 14.8. The van der Waals surface area contributed by atoms with E-state index in [2.05, 4.69) is 44.4 Å². The molecule has 3 aliphatic rings. The lowest BCUT2D eigenvalue weighted by Gasteiger charge is -2.47. The van der Waals surface area contributed by atoms with Crippen LogP contribution in [0.25, 0.3) is 5.69 Å². The number of piperidine rings is 1. The third kappa shape index (κ3) is 4.24. The quantitative estimate of drug-likeness (QED) is 0.364. The van der Waals surface area contributed by atoms with Crippen molar-refractivity contribution < 1.29 is 19.3 Å². The predicted molar refractivity (Wildman–Crippen MR) is 141 cm³/mol. The first-order chi connectivity index (χ1) is 18.6. The second-order valence-corrected chi connectivity index (χ2v) is 11.3. The SMILES string of the molecule is Cn1nc2n(c1=O)-c1cc(Nc3ncc(F)c(NC4CC5CCCN5C(C)(C)C4)n3)ccc1OC2(CO)CO. The zero-order chi connectivity index (χ0) is 27.5. The minimum atomic E-state index is -1.56. The molecule has 0 radical (unpaired) electrons. The number of hydrogen-bond donors (Lipinski definition) is 4. The van der Waals surface area contributed by atoms with Gasteiger partial charge in [-0.2, -0.15) is 10.1 Å². The Morgan fingerprint density at radius 2 is 2.05 bits per heavy atom. The van der Waals surface area contributed by atoms with Gasteiger partial charge in [-0.15, -0.1) is 0 Å². The van der Waals surface area contributed by atoms with Crippen LogP contribution >= 0.6 is 0 Å². The van der Waals surface area contributed by atoms with Gasteiger partial charge in [0.1, 0.15) is 5.75 Å². The van der Waals surface area contributed by atoms with Crippen LogP contribution in [0.1, 0.15) is 45.4 Å². The number of rotatable bonds is 6. The summed E-state index contributed by atoms with van der Waals surface area (Å²) < 4.78 is 23.1. The van der Waals surface area contributed by atoms with Crippen molar-refractivity contribution in [3.8, 4) is 11.4 Å². The number of nitrogens with zero attached hydrogens (tertiary/aromatic N) is 6. The van der Waals surface area contributed by atoms with Gasteiger partial charge in [0, 0.05) is 30.4 Å². The van der Waals surface area contributed by atoms with E-state index in [1.54, 1.807) is 18.2 Å². The van der Waals surface area contributed by atoms with Crippen LogP contribution in [-0.2, 0) is 12.6 Å². The number of aryl methyl sites for hydroxylation is 1. The van der Waals surface area contributed by atoms with Crippen molar-refractivity contribution >= 4 is 17.5 Å². The van der Waals surface area contributed by atoms with Gasteiger partial charge in [0.2, 0.25) is 11.5 Å². The molecule has 39 heavy (non-hydrogen) atoms. The van der Waals surface area contributed by atoms with Crippen molar-refractivity contribution in [2.45, 2.75) is 62.8 Å². The molecule has 2 unspecified atom stereocenters. The molecular weight excluding hydrogens is 507 g/mol. The van der Waals surface area contributed by atoms with Crippen LogP contribution in [-0.4, -0.2) is 76.8 Å². The summed E-state index contributed by atoms with van der Waals surface area (Å²) in [7, 11) is 1.48. The van der Waals surface area contributed by atoms with E-state index in [0.29, 0.717) is 17.4 Å². The first-order valence-corrected chi connectivity index (χ1v) is 13.2. The average molecular weight is 541 g/mol. The first kappa shape index (κ1) is 25.7. The topological polar surface area (TPSA) is 143 Å². The second-order valence-electron chi connectivity index (χ2n) is 11.3. The monoisotopic (exact) mass is 540 g/mol. The van der Waals surface area contributed by atoms with E-state index in [0.717, 1.165) is 36.7 Å². The van der Waals surface area contributed by atoms with Gasteiger partial charge in [-0.3, -0.25) is 4.90 Å². The third-order valence-corrected chi connectivity index (χ3v) is 8.15. The molecule has 2 fully saturated rings. The fraction of sp³-hybridized carbons (Fsp3) is 0.538. The Balaban J connectivity index is 1.27. The Morgan fingerprint density at radius 3 is 2.82 bits per heavy atom. The Bertz CT molecular complexity index is 1470. The van der Waals surface area contributed by atoms with Gasteiger partial charge in [0.25, 0.3) is 0 Å². The van der Waals surface area contributed by atoms with E-state index in [1.165, 1.54) is 18.0 Å². The minimum absolute atomic E-state index is 0.0275. The molecule has 2 aromatic heterocycles. The van der Waals surface area contributed by atoms with Gasteiger partial charge in [0.15, 0.2) is 17.5 Å². The predicted octanol–water partition coefficient (Wildman–Crippen LogP) is 1.63. The maximum absolute atomic E-state index is 14.8. The number of nitrogens with one attached hydrogen (secondary N) is 2. The first-order valence-electron chi connectivity index (χ1n) is 13.2. The number of aromatic nitrogens is 5. The number of benzene rings is 1. The van der Waals surface area contributed by atoms with Gasteiger partial charge in [-0.05, 0) is 64.3 Å². The second kappa shape index (κ2) is 9.28. The summed E-state index contributed by atoms with van der Waals surface area (Å²) in [5, 5.41) is 30.6. The van der Waals surface area contributed by atoms with Crippen molar-refractivity contribution in [1.29, 1.82) is 0 Å². The summed E-state index contributed by atoms with van der Waals surface area (Å²) in [6.45, 7) is 4.45. The molecule has 13 heteroatoms. The van der Waals surface area contributed by atoms with Gasteiger partial charge in [0.05, 0.1) is 25.1 Å². The lowest BCUT2D eigenvalue weighted by atomic mass is 9.84. The molecule has 0 bridgehead atoms. The highest BCUT2D eigenvalue weighted by molar-refractivity contribution is 5.64. The summed E-state index contributed by atoms with van der Waals surface area (Å²) in [6, 6.07) is 5.52. The van der Waals surface area contributed by atoms with Crippen molar-refractivity contribution in [3.05, 3.63) is 46.5 Å². The van der Waals surface area contributed by atoms with Gasteiger partial charge >= 0.3 is 5.69 Å². The highest BCUT2D eigenvalue weighted by Crippen LogP contribution is 2.40. The average Bonchev–Trinajstić information content (AvgIpc) is 3.51. The lowest BCUT2D eigenvalue weighted by Crippen LogP contribution is -2.55. The van der Waals surface area contributed by atoms with Gasteiger partial charge in [-0.1, -0.05) is 0 Å². The van der Waals surface area contributed by atoms with Crippen molar-refractivity contribution in [2.24, 2.45) is 7.05 Å². The van der Waals surface area contributed by atoms with Gasteiger partial charge in [-0.25, -0.2) is 23.4 Å². The highest BCUT2D eigenvalue weighted by atomic mass is 19.1. The van der Waals surface area contributed by atoms with E-state index in [9.17, 15) is 19.4 Å². The third-order valence-electron chi connectivity index (χ3n) is 8.15. The molecule has 1 aromatic carbocycles. The van der Waals surface area contributed by atoms with Crippen LogP contribution in [0.4, 0.5) is 21.8 Å². The molecule has 6 rings (SSSR count). The highest BCUT2D eigenvalue weighted by Gasteiger charge is 2.45. The Labute approximate surface area is 224 Å². The standard InChI is InChI=1S/C26H33FN8O4/c1-25(2)11-16(9-17-5-4-8-34(17)25)29-21-18(27)12-28-23(31-21)30-15-6-7-20-19(10-15)35-22(32-33(3)24(35)38)26(13-36,14-37)39-20/h6-7,10,12,16-17,36-37H,4-5,8-9,11,13-14H2,1-3H3,(H2,28,29,30,31). The fourth-order valence-corrected chi connectivity index (χ4v) is 6.32. The maximum Gasteiger partial charge on any atom is 0.350 e. The largest absolute Gasteiger partial charge is 0.472 e. The Morgan fingerprint density at radius 1 is 1.26 bits per heavy atom. The van der Waals surface area contributed by atoms with Crippen LogP contribution < -0.4 is 21.1 Å². The molecule has 4 N–H and O–H groups in total. The van der Waals surface area contributed by atoms with E-state index < -0.39 is 30.3 Å². The van der Waals surface area contributed by atoms with Gasteiger partial charge < -0.3 is 25.6 Å². The number of hydrogen-bond acceptors (Lipinski definition) is 10. The molecule has 0 amide bonds. The lowest BCUT2D eigenvalue weighted by molar-refractivity contribution is -0.0513. The normalized spacial score (nSPS) is 22.9. The molecule has 208 valence electrons. The molecule has 0 aliphatic carbocycles. The van der Waals surface area contributed by atoms with Crippen molar-refractivity contribution in [2.75, 3.05) is 30.4 Å². The molecular formula is C26H33FN8O4. The molecule has 0 spiro atoms. The minimum Gasteiger partial charge on any atom is -0.472 e. The van der Waals surface area contributed by atoms with E-state index in [1.807, 2.05) is 0 Å². The van der Waals surface area contributed by atoms with Crippen molar-refractivity contribution in [3.63, 3.8) is 0 Å². The zero-order valence-corrected chi connectivity index (χ0v) is 22.2. The zero-order valence-electron chi connectivity index (χ0n) is 22.2. The molecule has 3 aliphatic heterocycles. The van der Waals surface area contributed by atoms with Crippen LogP contribution in [0.15, 0.2) is 29.2 Å². The smallest absolute Gasteiger partial charge is 0.350 e. The van der Waals surface area contributed by atoms with Crippen molar-refractivity contribution in [1.82, 2.24) is 29.2 Å². The van der Waals surface area contributed by atoms with Crippen LogP contribution in [0.3, 0.4) is 0 Å². The molecule has 2 atom stereocenters. The van der Waals surface area contributed by atoms with Crippen LogP contribution in [0.2, 0.25) is 0 Å². The number of halogens is 1. The summed E-state index contributed by atoms with van der Waals surface area (Å²) in [5.41, 5.74) is -1.10. The number of aliphatic hydroxyl groups excluding tert-OH is 2. The molecule has 12 nitrogen and oxygen atoms in total. The molecule has 0 saturated carbocycles. The Hall–Kier alpha value is -3.55. The molecule has 2 saturated heterocycles. The van der Waals surface area contributed by atoms with E-state index in [4.69, 9.17) is 4.74 Å². The van der Waals surface area contributed by atoms with E-state index in [-0.39, 0.29) is 34.9 Å². The Kier molecular flexibility index (Phi) is 6.12. The summed E-state index contributed by atoms with van der Waals surface area (Å²) in [5.74, 6) is 0.177. The number of anilines is 3. The van der Waals surface area contributed by atoms with E-state index >= 15 is 0 Å². The molecule has 5 heterocycles. The number of fused-ring (bicyclic) bond motifs is 4. The fourth-order valence-electron chi connectivity index (χ4n) is 6.32. The van der Waals surface area contributed by atoms with Crippen LogP contribution in [0, 0.1) is 5.82 Å². The van der Waals surface area contributed by atoms with Crippen LogP contribution in [0.5, 0.6) is 5.75 Å². The summed E-state index contributed by atoms with van der Waals surface area (Å²) in [6.07, 6.45) is 5.30. The summed E-state index contributed by atoms with van der Waals surface area (Å²) in [4.78, 5) is 24.0.